The van der Waals surface area contributed by atoms with Crippen molar-refractivity contribution in [2.24, 2.45) is 0 Å². The van der Waals surface area contributed by atoms with Crippen molar-refractivity contribution in [2.75, 3.05) is 13.2 Å². The maximum Gasteiger partial charge on any atom is 0.405 e. The van der Waals surface area contributed by atoms with Gasteiger partial charge in [-0.3, -0.25) is 4.79 Å². The predicted octanol–water partition coefficient (Wildman–Crippen LogP) is 2.10. The minimum Gasteiger partial charge on any atom is -0.482 e. The summed E-state index contributed by atoms with van der Waals surface area (Å²) in [6.45, 7) is -2.12. The molecule has 0 saturated carbocycles. The second kappa shape index (κ2) is 6.47. The first-order valence-corrected chi connectivity index (χ1v) is 5.56. The van der Waals surface area contributed by atoms with Gasteiger partial charge in [-0.15, -0.1) is 0 Å². The average Bonchev–Trinajstić information content (AvgIpc) is 2.33. The zero-order valence-electron chi connectivity index (χ0n) is 9.83. The molecular weight excluding hydrogens is 303 g/mol. The molecule has 0 aliphatic carbocycles. The molecule has 0 spiro atoms. The quantitative estimate of drug-likeness (QED) is 0.873. The first-order chi connectivity index (χ1) is 9.19. The van der Waals surface area contributed by atoms with Crippen LogP contribution >= 0.6 is 11.6 Å². The summed E-state index contributed by atoms with van der Waals surface area (Å²) in [6, 6.07) is 3.51. The van der Waals surface area contributed by atoms with E-state index in [9.17, 15) is 22.8 Å². The van der Waals surface area contributed by atoms with Crippen LogP contribution in [0, 0.1) is 0 Å². The number of carboxylic acid groups (broad SMARTS) is 1. The largest absolute Gasteiger partial charge is 0.482 e. The zero-order chi connectivity index (χ0) is 15.3. The molecule has 0 aliphatic heterocycles. The van der Waals surface area contributed by atoms with Crippen molar-refractivity contribution in [3.8, 4) is 5.75 Å². The van der Waals surface area contributed by atoms with Gasteiger partial charge >= 0.3 is 12.1 Å². The highest BCUT2D eigenvalue weighted by atomic mass is 35.5. The molecule has 1 rings (SSSR count). The van der Waals surface area contributed by atoms with Crippen LogP contribution in [0.4, 0.5) is 13.2 Å². The van der Waals surface area contributed by atoms with Crippen LogP contribution in [0.25, 0.3) is 0 Å². The molecule has 0 atom stereocenters. The first kappa shape index (κ1) is 16.1. The number of rotatable bonds is 5. The number of carboxylic acids is 1. The Hall–Kier alpha value is -1.96. The van der Waals surface area contributed by atoms with E-state index in [1.165, 1.54) is 12.1 Å². The van der Waals surface area contributed by atoms with Gasteiger partial charge in [-0.05, 0) is 18.2 Å². The van der Waals surface area contributed by atoms with Crippen LogP contribution in [0.3, 0.4) is 0 Å². The Morgan fingerprint density at radius 1 is 1.35 bits per heavy atom. The Balaban J connectivity index is 2.54. The number of amides is 1. The van der Waals surface area contributed by atoms with Crippen molar-refractivity contribution in [1.82, 2.24) is 5.32 Å². The topological polar surface area (TPSA) is 75.6 Å². The lowest BCUT2D eigenvalue weighted by atomic mass is 10.2. The number of halogens is 4. The van der Waals surface area contributed by atoms with Gasteiger partial charge in [0.1, 0.15) is 12.3 Å². The minimum atomic E-state index is -4.50. The molecule has 0 unspecified atom stereocenters. The van der Waals surface area contributed by atoms with Gasteiger partial charge in [0.25, 0.3) is 5.91 Å². The van der Waals surface area contributed by atoms with E-state index in [1.54, 1.807) is 5.32 Å². The number of hydrogen-bond donors (Lipinski definition) is 2. The molecule has 110 valence electrons. The number of carbonyl (C=O) groups excluding carboxylic acids is 1. The lowest BCUT2D eigenvalue weighted by molar-refractivity contribution is -0.139. The van der Waals surface area contributed by atoms with Crippen LogP contribution in [0.2, 0.25) is 5.02 Å². The lowest BCUT2D eigenvalue weighted by Crippen LogP contribution is -2.36. The Morgan fingerprint density at radius 3 is 2.50 bits per heavy atom. The molecule has 2 N–H and O–H groups in total. The monoisotopic (exact) mass is 311 g/mol. The first-order valence-electron chi connectivity index (χ1n) is 5.18. The molecule has 1 aromatic carbocycles. The number of benzene rings is 1. The van der Waals surface area contributed by atoms with E-state index in [1.807, 2.05) is 0 Å². The number of aromatic carboxylic acids is 1. The molecule has 1 amide bonds. The zero-order valence-corrected chi connectivity index (χ0v) is 10.6. The number of carbonyl (C=O) groups is 2. The van der Waals surface area contributed by atoms with E-state index < -0.39 is 31.2 Å². The molecule has 9 heteroatoms. The fourth-order valence-corrected chi connectivity index (χ4v) is 1.38. The second-order valence-corrected chi connectivity index (χ2v) is 4.04. The van der Waals surface area contributed by atoms with E-state index in [2.05, 4.69) is 0 Å². The third-order valence-electron chi connectivity index (χ3n) is 2.02. The van der Waals surface area contributed by atoms with Gasteiger partial charge in [0.2, 0.25) is 0 Å². The highest BCUT2D eigenvalue weighted by Crippen LogP contribution is 2.25. The fourth-order valence-electron chi connectivity index (χ4n) is 1.14. The summed E-state index contributed by atoms with van der Waals surface area (Å²) >= 11 is 5.71. The number of ether oxygens (including phenoxy) is 1. The average molecular weight is 312 g/mol. The molecule has 20 heavy (non-hydrogen) atoms. The van der Waals surface area contributed by atoms with Gasteiger partial charge in [-0.2, -0.15) is 13.2 Å². The fraction of sp³-hybridized carbons (Fsp3) is 0.273. The Bertz CT molecular complexity index is 519. The molecule has 0 aliphatic rings. The van der Waals surface area contributed by atoms with Crippen molar-refractivity contribution >= 4 is 23.5 Å². The molecule has 0 radical (unpaired) electrons. The van der Waals surface area contributed by atoms with Crippen molar-refractivity contribution in [2.45, 2.75) is 6.18 Å². The van der Waals surface area contributed by atoms with Gasteiger partial charge in [0.15, 0.2) is 6.61 Å². The third kappa shape index (κ3) is 5.35. The Kier molecular flexibility index (Phi) is 5.20. The number of alkyl halides is 3. The van der Waals surface area contributed by atoms with Gasteiger partial charge < -0.3 is 15.2 Å². The SMILES string of the molecule is O=C(COc1ccc(C(=O)O)cc1Cl)NCC(F)(F)F. The summed E-state index contributed by atoms with van der Waals surface area (Å²) in [5.41, 5.74) is -0.0797. The predicted molar refractivity (Wildman–Crippen MR) is 63.0 cm³/mol. The molecule has 0 heterocycles. The third-order valence-corrected chi connectivity index (χ3v) is 2.32. The van der Waals surface area contributed by atoms with Crippen LogP contribution in [0.5, 0.6) is 5.75 Å². The summed E-state index contributed by atoms with van der Waals surface area (Å²) in [4.78, 5) is 21.7. The summed E-state index contributed by atoms with van der Waals surface area (Å²) < 4.78 is 40.4. The smallest absolute Gasteiger partial charge is 0.405 e. The van der Waals surface area contributed by atoms with Gasteiger partial charge in [-0.1, -0.05) is 11.6 Å². The Morgan fingerprint density at radius 2 is 2.00 bits per heavy atom. The van der Waals surface area contributed by atoms with Gasteiger partial charge in [0.05, 0.1) is 10.6 Å². The van der Waals surface area contributed by atoms with Crippen molar-refractivity contribution in [1.29, 1.82) is 0 Å². The summed E-state index contributed by atoms with van der Waals surface area (Å²) in [6.07, 6.45) is -4.50. The minimum absolute atomic E-state index is 0.00109. The van der Waals surface area contributed by atoms with Crippen LogP contribution in [-0.4, -0.2) is 36.3 Å². The summed E-state index contributed by atoms with van der Waals surface area (Å²) in [5, 5.41) is 10.2. The Labute approximate surface area is 116 Å². The molecule has 0 bridgehead atoms. The van der Waals surface area contributed by atoms with E-state index in [0.717, 1.165) is 6.07 Å². The van der Waals surface area contributed by atoms with E-state index in [-0.39, 0.29) is 16.3 Å². The lowest BCUT2D eigenvalue weighted by Gasteiger charge is -2.10. The van der Waals surface area contributed by atoms with Crippen LogP contribution in [-0.2, 0) is 4.79 Å². The second-order valence-electron chi connectivity index (χ2n) is 3.63. The highest BCUT2D eigenvalue weighted by Gasteiger charge is 2.27. The van der Waals surface area contributed by atoms with Crippen LogP contribution < -0.4 is 10.1 Å². The van der Waals surface area contributed by atoms with Crippen molar-refractivity contribution in [3.05, 3.63) is 28.8 Å². The van der Waals surface area contributed by atoms with Crippen LogP contribution in [0.1, 0.15) is 10.4 Å². The van der Waals surface area contributed by atoms with E-state index >= 15 is 0 Å². The van der Waals surface area contributed by atoms with Crippen molar-refractivity contribution in [3.63, 3.8) is 0 Å². The normalized spacial score (nSPS) is 11.0. The number of hydrogen-bond acceptors (Lipinski definition) is 3. The summed E-state index contributed by atoms with van der Waals surface area (Å²) in [7, 11) is 0. The van der Waals surface area contributed by atoms with Crippen LogP contribution in [0.15, 0.2) is 18.2 Å². The van der Waals surface area contributed by atoms with Gasteiger partial charge in [0, 0.05) is 0 Å². The number of nitrogens with one attached hydrogen (secondary N) is 1. The maximum atomic E-state index is 11.8. The molecule has 1 aromatic rings. The molecule has 5 nitrogen and oxygen atoms in total. The van der Waals surface area contributed by atoms with E-state index in [4.69, 9.17) is 21.4 Å². The molecular formula is C11H9ClF3NO4. The highest BCUT2D eigenvalue weighted by molar-refractivity contribution is 6.32. The van der Waals surface area contributed by atoms with Gasteiger partial charge in [-0.25, -0.2) is 4.79 Å². The standard InChI is InChI=1S/C11H9ClF3NO4/c12-7-3-6(10(18)19)1-2-8(7)20-4-9(17)16-5-11(13,14)15/h1-3H,4-5H2,(H,16,17)(H,18,19). The maximum absolute atomic E-state index is 11.8. The molecule has 0 saturated heterocycles. The molecule has 0 fully saturated rings. The summed E-state index contributed by atoms with van der Waals surface area (Å²) in [5.74, 6) is -2.17. The molecule has 0 aromatic heterocycles. The van der Waals surface area contributed by atoms with E-state index in [0.29, 0.717) is 0 Å². The van der Waals surface area contributed by atoms with Crippen molar-refractivity contribution < 1.29 is 32.6 Å².